The fourth-order valence-electron chi connectivity index (χ4n) is 2.52. The molecule has 18 heavy (non-hydrogen) atoms. The van der Waals surface area contributed by atoms with Crippen molar-refractivity contribution in [3.05, 3.63) is 34.9 Å². The van der Waals surface area contributed by atoms with Crippen molar-refractivity contribution < 1.29 is 4.79 Å². The Labute approximate surface area is 109 Å². The molecule has 1 amide bonds. The van der Waals surface area contributed by atoms with Crippen LogP contribution in [0.25, 0.3) is 0 Å². The molecule has 2 rings (SSSR count). The number of rotatable bonds is 3. The molecular formula is C15H22N2O. The van der Waals surface area contributed by atoms with Crippen molar-refractivity contribution in [2.75, 3.05) is 13.1 Å². The topological polar surface area (TPSA) is 32.3 Å². The highest BCUT2D eigenvalue weighted by Gasteiger charge is 2.18. The maximum Gasteiger partial charge on any atom is 0.254 e. The zero-order valence-electron chi connectivity index (χ0n) is 11.5. The van der Waals surface area contributed by atoms with Crippen molar-refractivity contribution in [3.63, 3.8) is 0 Å². The first-order valence-corrected chi connectivity index (χ1v) is 6.77. The molecule has 0 spiro atoms. The number of carbonyl (C=O) groups is 1. The smallest absolute Gasteiger partial charge is 0.254 e. The average molecular weight is 246 g/mol. The fourth-order valence-corrected chi connectivity index (χ4v) is 2.52. The van der Waals surface area contributed by atoms with Crippen molar-refractivity contribution in [1.82, 2.24) is 10.2 Å². The molecule has 0 unspecified atom stereocenters. The van der Waals surface area contributed by atoms with E-state index < -0.39 is 0 Å². The van der Waals surface area contributed by atoms with Gasteiger partial charge in [-0.25, -0.2) is 0 Å². The minimum atomic E-state index is 0.140. The monoisotopic (exact) mass is 246 g/mol. The molecule has 0 saturated carbocycles. The summed E-state index contributed by atoms with van der Waals surface area (Å²) in [6.45, 7) is 8.81. The van der Waals surface area contributed by atoms with Gasteiger partial charge >= 0.3 is 0 Å². The van der Waals surface area contributed by atoms with Gasteiger partial charge in [-0.15, -0.1) is 0 Å². The second-order valence-electron chi connectivity index (χ2n) is 5.10. The van der Waals surface area contributed by atoms with Crippen molar-refractivity contribution in [2.45, 2.75) is 39.8 Å². The molecule has 1 heterocycles. The highest BCUT2D eigenvalue weighted by Crippen LogP contribution is 2.17. The molecule has 98 valence electrons. The molecule has 1 N–H and O–H groups in total. The van der Waals surface area contributed by atoms with Gasteiger partial charge in [0.1, 0.15) is 0 Å². The number of benzene rings is 1. The number of fused-ring (bicyclic) bond motifs is 1. The Hall–Kier alpha value is -1.35. The molecule has 0 atom stereocenters. The van der Waals surface area contributed by atoms with Gasteiger partial charge in [-0.2, -0.15) is 0 Å². The summed E-state index contributed by atoms with van der Waals surface area (Å²) < 4.78 is 0. The first-order valence-electron chi connectivity index (χ1n) is 6.77. The normalized spacial score (nSPS) is 14.4. The molecule has 3 nitrogen and oxygen atoms in total. The van der Waals surface area contributed by atoms with Crippen molar-refractivity contribution >= 4 is 5.91 Å². The zero-order chi connectivity index (χ0) is 13.1. The van der Waals surface area contributed by atoms with Gasteiger partial charge in [0, 0.05) is 24.7 Å². The molecule has 1 aromatic rings. The van der Waals surface area contributed by atoms with E-state index in [9.17, 15) is 4.79 Å². The van der Waals surface area contributed by atoms with E-state index in [1.54, 1.807) is 0 Å². The van der Waals surface area contributed by atoms with Gasteiger partial charge in [-0.1, -0.05) is 6.07 Å². The van der Waals surface area contributed by atoms with Crippen LogP contribution in [-0.2, 0) is 13.0 Å². The quantitative estimate of drug-likeness (QED) is 0.887. The van der Waals surface area contributed by atoms with E-state index in [0.717, 1.165) is 31.6 Å². The largest absolute Gasteiger partial charge is 0.337 e. The van der Waals surface area contributed by atoms with E-state index >= 15 is 0 Å². The number of carbonyl (C=O) groups excluding carboxylic acids is 1. The first kappa shape index (κ1) is 13.1. The van der Waals surface area contributed by atoms with E-state index in [1.165, 1.54) is 11.1 Å². The maximum atomic E-state index is 12.4. The molecule has 0 aromatic heterocycles. The fraction of sp³-hybridized carbons (Fsp3) is 0.533. The molecule has 0 radical (unpaired) electrons. The molecule has 0 bridgehead atoms. The van der Waals surface area contributed by atoms with Gasteiger partial charge < -0.3 is 10.2 Å². The van der Waals surface area contributed by atoms with Gasteiger partial charge in [0.25, 0.3) is 5.91 Å². The number of nitrogens with zero attached hydrogens (tertiary/aromatic N) is 1. The number of amides is 1. The van der Waals surface area contributed by atoms with Crippen molar-refractivity contribution in [3.8, 4) is 0 Å². The summed E-state index contributed by atoms with van der Waals surface area (Å²) in [7, 11) is 0. The maximum absolute atomic E-state index is 12.4. The number of hydrogen-bond donors (Lipinski definition) is 1. The van der Waals surface area contributed by atoms with Crippen LogP contribution < -0.4 is 5.32 Å². The Morgan fingerprint density at radius 2 is 2.17 bits per heavy atom. The lowest BCUT2D eigenvalue weighted by Crippen LogP contribution is -2.36. The lowest BCUT2D eigenvalue weighted by atomic mass is 9.98. The van der Waals surface area contributed by atoms with Crippen LogP contribution in [0.3, 0.4) is 0 Å². The van der Waals surface area contributed by atoms with Crippen LogP contribution in [0, 0.1) is 0 Å². The third kappa shape index (κ3) is 2.56. The van der Waals surface area contributed by atoms with Crippen molar-refractivity contribution in [1.29, 1.82) is 0 Å². The third-order valence-corrected chi connectivity index (χ3v) is 3.56. The highest BCUT2D eigenvalue weighted by atomic mass is 16.2. The average Bonchev–Trinajstić information content (AvgIpc) is 2.38. The van der Waals surface area contributed by atoms with Gasteiger partial charge in [-0.05, 0) is 57.0 Å². The van der Waals surface area contributed by atoms with Gasteiger partial charge in [0.2, 0.25) is 0 Å². The van der Waals surface area contributed by atoms with Gasteiger partial charge in [0.15, 0.2) is 0 Å². The summed E-state index contributed by atoms with van der Waals surface area (Å²) >= 11 is 0. The zero-order valence-corrected chi connectivity index (χ0v) is 11.5. The molecule has 1 aliphatic heterocycles. The Balaban J connectivity index is 2.25. The highest BCUT2D eigenvalue weighted by molar-refractivity contribution is 5.94. The van der Waals surface area contributed by atoms with Gasteiger partial charge in [-0.3, -0.25) is 4.79 Å². The van der Waals surface area contributed by atoms with Crippen LogP contribution in [-0.4, -0.2) is 29.9 Å². The minimum Gasteiger partial charge on any atom is -0.337 e. The summed E-state index contributed by atoms with van der Waals surface area (Å²) in [4.78, 5) is 14.3. The van der Waals surface area contributed by atoms with E-state index in [4.69, 9.17) is 0 Å². The van der Waals surface area contributed by atoms with Crippen LogP contribution in [0.2, 0.25) is 0 Å². The summed E-state index contributed by atoms with van der Waals surface area (Å²) in [6.07, 6.45) is 1.06. The summed E-state index contributed by atoms with van der Waals surface area (Å²) in [5.41, 5.74) is 3.46. The molecule has 0 saturated heterocycles. The van der Waals surface area contributed by atoms with E-state index in [1.807, 2.05) is 17.9 Å². The lowest BCUT2D eigenvalue weighted by molar-refractivity contribution is 0.0717. The Bertz CT molecular complexity index is 440. The number of nitrogens with one attached hydrogen (secondary N) is 1. The Morgan fingerprint density at radius 1 is 1.39 bits per heavy atom. The molecule has 1 aromatic carbocycles. The van der Waals surface area contributed by atoms with Crippen LogP contribution in [0.5, 0.6) is 0 Å². The standard InChI is InChI=1S/C15H22N2O/c1-4-17(11(2)3)15(18)13-6-5-12-7-8-16-10-14(12)9-13/h5-6,9,11,16H,4,7-8,10H2,1-3H3. The predicted octanol–water partition coefficient (Wildman–Crippen LogP) is 2.20. The lowest BCUT2D eigenvalue weighted by Gasteiger charge is -2.26. The SMILES string of the molecule is CCN(C(=O)c1ccc2c(c1)CNCC2)C(C)C. The van der Waals surface area contributed by atoms with Crippen LogP contribution in [0.1, 0.15) is 42.3 Å². The molecular weight excluding hydrogens is 224 g/mol. The second kappa shape index (κ2) is 5.53. The predicted molar refractivity (Wildman–Crippen MR) is 73.7 cm³/mol. The first-order chi connectivity index (χ1) is 8.63. The van der Waals surface area contributed by atoms with E-state index in [2.05, 4.69) is 31.3 Å². The van der Waals surface area contributed by atoms with Gasteiger partial charge in [0.05, 0.1) is 0 Å². The minimum absolute atomic E-state index is 0.140. The summed E-state index contributed by atoms with van der Waals surface area (Å²) in [5, 5.41) is 3.35. The number of hydrogen-bond acceptors (Lipinski definition) is 2. The molecule has 0 fully saturated rings. The van der Waals surface area contributed by atoms with Crippen molar-refractivity contribution in [2.24, 2.45) is 0 Å². The molecule has 3 heteroatoms. The van der Waals surface area contributed by atoms with Crippen LogP contribution >= 0.6 is 0 Å². The van der Waals surface area contributed by atoms with Crippen LogP contribution in [0.4, 0.5) is 0 Å². The summed E-state index contributed by atoms with van der Waals surface area (Å²) in [5.74, 6) is 0.140. The van der Waals surface area contributed by atoms with E-state index in [0.29, 0.717) is 0 Å². The van der Waals surface area contributed by atoms with E-state index in [-0.39, 0.29) is 11.9 Å². The third-order valence-electron chi connectivity index (χ3n) is 3.56. The van der Waals surface area contributed by atoms with Crippen LogP contribution in [0.15, 0.2) is 18.2 Å². The Kier molecular flexibility index (Phi) is 4.02. The molecule has 1 aliphatic rings. The second-order valence-corrected chi connectivity index (χ2v) is 5.10. The molecule has 0 aliphatic carbocycles. The summed E-state index contributed by atoms with van der Waals surface area (Å²) in [6, 6.07) is 6.38. The Morgan fingerprint density at radius 3 is 2.83 bits per heavy atom.